The minimum atomic E-state index is 0.484. The van der Waals surface area contributed by atoms with Gasteiger partial charge < -0.3 is 10.6 Å². The van der Waals surface area contributed by atoms with Crippen LogP contribution in [-0.4, -0.2) is 12.0 Å². The number of aromatic nitrogens is 1. The van der Waals surface area contributed by atoms with Gasteiger partial charge in [0.25, 0.3) is 0 Å². The molecule has 1 aromatic carbocycles. The van der Waals surface area contributed by atoms with Gasteiger partial charge in [-0.1, -0.05) is 18.2 Å². The quantitative estimate of drug-likeness (QED) is 0.894. The Bertz CT molecular complexity index is 523. The van der Waals surface area contributed by atoms with Crippen molar-refractivity contribution in [1.29, 1.82) is 0 Å². The number of rotatable bonds is 4. The van der Waals surface area contributed by atoms with Crippen LogP contribution in [0.1, 0.15) is 16.8 Å². The third-order valence-electron chi connectivity index (χ3n) is 3.03. The first-order chi connectivity index (χ1) is 8.70. The van der Waals surface area contributed by atoms with Crippen LogP contribution in [0, 0.1) is 6.92 Å². The zero-order valence-corrected chi connectivity index (χ0v) is 10.9. The molecule has 0 spiro atoms. The number of anilines is 1. The zero-order chi connectivity index (χ0) is 13.0. The first-order valence-corrected chi connectivity index (χ1v) is 6.11. The van der Waals surface area contributed by atoms with Gasteiger partial charge in [0.15, 0.2) is 0 Å². The van der Waals surface area contributed by atoms with E-state index in [1.165, 1.54) is 16.8 Å². The number of hydrogen-bond donors (Lipinski definition) is 1. The molecule has 0 fully saturated rings. The molecular formula is C15H19N3. The van der Waals surface area contributed by atoms with E-state index in [2.05, 4.69) is 54.2 Å². The normalized spacial score (nSPS) is 10.4. The predicted octanol–water partition coefficient (Wildman–Crippen LogP) is 2.49. The van der Waals surface area contributed by atoms with Gasteiger partial charge in [-0.3, -0.25) is 4.98 Å². The van der Waals surface area contributed by atoms with Gasteiger partial charge in [-0.15, -0.1) is 0 Å². The fourth-order valence-corrected chi connectivity index (χ4v) is 2.01. The Morgan fingerprint density at radius 2 is 2.06 bits per heavy atom. The maximum Gasteiger partial charge on any atom is 0.0589 e. The maximum absolute atomic E-state index is 5.71. The second kappa shape index (κ2) is 5.65. The third kappa shape index (κ3) is 2.87. The van der Waals surface area contributed by atoms with E-state index < -0.39 is 0 Å². The van der Waals surface area contributed by atoms with Gasteiger partial charge in [-0.25, -0.2) is 0 Å². The van der Waals surface area contributed by atoms with E-state index in [4.69, 9.17) is 5.73 Å². The fraction of sp³-hybridized carbons (Fsp3) is 0.267. The van der Waals surface area contributed by atoms with Crippen molar-refractivity contribution in [3.05, 3.63) is 59.4 Å². The lowest BCUT2D eigenvalue weighted by molar-refractivity contribution is 0.868. The average molecular weight is 241 g/mol. The molecule has 1 aromatic heterocycles. The first kappa shape index (κ1) is 12.6. The number of nitrogens with two attached hydrogens (primary N) is 1. The number of nitrogens with zero attached hydrogens (tertiary/aromatic N) is 2. The topological polar surface area (TPSA) is 42.2 Å². The number of aryl methyl sites for hydroxylation is 1. The van der Waals surface area contributed by atoms with E-state index in [9.17, 15) is 0 Å². The molecule has 3 heteroatoms. The molecule has 18 heavy (non-hydrogen) atoms. The Labute approximate surface area is 108 Å². The van der Waals surface area contributed by atoms with Crippen molar-refractivity contribution in [2.75, 3.05) is 11.9 Å². The summed E-state index contributed by atoms with van der Waals surface area (Å²) in [6.07, 6.45) is 1.79. The summed E-state index contributed by atoms with van der Waals surface area (Å²) < 4.78 is 0. The van der Waals surface area contributed by atoms with E-state index in [1.54, 1.807) is 6.20 Å². The Morgan fingerprint density at radius 3 is 2.78 bits per heavy atom. The molecule has 0 saturated heterocycles. The van der Waals surface area contributed by atoms with E-state index in [-0.39, 0.29) is 0 Å². The Morgan fingerprint density at radius 1 is 1.22 bits per heavy atom. The van der Waals surface area contributed by atoms with E-state index in [1.807, 2.05) is 6.07 Å². The van der Waals surface area contributed by atoms with Gasteiger partial charge in [0.1, 0.15) is 0 Å². The molecule has 0 aliphatic rings. The number of benzene rings is 1. The summed E-state index contributed by atoms with van der Waals surface area (Å²) in [5.41, 5.74) is 10.3. The molecule has 0 amide bonds. The maximum atomic E-state index is 5.71. The molecule has 0 saturated carbocycles. The summed E-state index contributed by atoms with van der Waals surface area (Å²) in [4.78, 5) is 6.52. The summed E-state index contributed by atoms with van der Waals surface area (Å²) in [7, 11) is 2.09. The second-order valence-electron chi connectivity index (χ2n) is 4.51. The van der Waals surface area contributed by atoms with Gasteiger partial charge >= 0.3 is 0 Å². The van der Waals surface area contributed by atoms with Crippen molar-refractivity contribution < 1.29 is 0 Å². The molecule has 0 aliphatic carbocycles. The van der Waals surface area contributed by atoms with Crippen molar-refractivity contribution in [2.24, 2.45) is 5.73 Å². The van der Waals surface area contributed by atoms with Crippen LogP contribution in [0.4, 0.5) is 5.69 Å². The van der Waals surface area contributed by atoms with Gasteiger partial charge in [0.2, 0.25) is 0 Å². The number of pyridine rings is 1. The standard InChI is InChI=1S/C15H19N3/c1-12-5-3-7-14(9-12)18(2)11-13-6-4-8-17-15(13)10-16/h3-9H,10-11,16H2,1-2H3. The highest BCUT2D eigenvalue weighted by Crippen LogP contribution is 2.17. The van der Waals surface area contributed by atoms with Gasteiger partial charge in [0.05, 0.1) is 5.69 Å². The van der Waals surface area contributed by atoms with Gasteiger partial charge in [-0.05, 0) is 36.2 Å². The van der Waals surface area contributed by atoms with Crippen LogP contribution in [-0.2, 0) is 13.1 Å². The largest absolute Gasteiger partial charge is 0.370 e. The lowest BCUT2D eigenvalue weighted by Gasteiger charge is -2.21. The SMILES string of the molecule is Cc1cccc(N(C)Cc2cccnc2CN)c1. The lowest BCUT2D eigenvalue weighted by atomic mass is 10.1. The van der Waals surface area contributed by atoms with E-state index in [0.29, 0.717) is 6.54 Å². The highest BCUT2D eigenvalue weighted by molar-refractivity contribution is 5.48. The molecule has 0 unspecified atom stereocenters. The molecule has 0 atom stereocenters. The van der Waals surface area contributed by atoms with E-state index in [0.717, 1.165) is 12.2 Å². The van der Waals surface area contributed by atoms with Crippen molar-refractivity contribution in [3.63, 3.8) is 0 Å². The molecule has 0 radical (unpaired) electrons. The molecule has 3 nitrogen and oxygen atoms in total. The summed E-state index contributed by atoms with van der Waals surface area (Å²) in [5, 5.41) is 0. The molecule has 1 heterocycles. The van der Waals surface area contributed by atoms with E-state index >= 15 is 0 Å². The summed E-state index contributed by atoms with van der Waals surface area (Å²) in [6, 6.07) is 12.5. The van der Waals surface area contributed by atoms with Crippen LogP contribution in [0.5, 0.6) is 0 Å². The van der Waals surface area contributed by atoms with Gasteiger partial charge in [-0.2, -0.15) is 0 Å². The smallest absolute Gasteiger partial charge is 0.0589 e. The molecule has 0 bridgehead atoms. The molecule has 2 N–H and O–H groups in total. The summed E-state index contributed by atoms with van der Waals surface area (Å²) in [5.74, 6) is 0. The zero-order valence-electron chi connectivity index (χ0n) is 10.9. The van der Waals surface area contributed by atoms with Gasteiger partial charge in [0, 0.05) is 32.0 Å². The van der Waals surface area contributed by atoms with Crippen LogP contribution in [0.3, 0.4) is 0 Å². The fourth-order valence-electron chi connectivity index (χ4n) is 2.01. The van der Waals surface area contributed by atoms with Crippen LogP contribution in [0.2, 0.25) is 0 Å². The third-order valence-corrected chi connectivity index (χ3v) is 3.03. The van der Waals surface area contributed by atoms with Crippen molar-refractivity contribution >= 4 is 5.69 Å². The van der Waals surface area contributed by atoms with Crippen molar-refractivity contribution in [2.45, 2.75) is 20.0 Å². The van der Waals surface area contributed by atoms with Crippen LogP contribution in [0.15, 0.2) is 42.6 Å². The minimum absolute atomic E-state index is 0.484. The lowest BCUT2D eigenvalue weighted by Crippen LogP contribution is -2.18. The Balaban J connectivity index is 2.18. The van der Waals surface area contributed by atoms with Crippen molar-refractivity contribution in [1.82, 2.24) is 4.98 Å². The first-order valence-electron chi connectivity index (χ1n) is 6.11. The summed E-state index contributed by atoms with van der Waals surface area (Å²) in [6.45, 7) is 3.41. The Hall–Kier alpha value is -1.87. The highest BCUT2D eigenvalue weighted by Gasteiger charge is 2.06. The molecule has 0 aliphatic heterocycles. The van der Waals surface area contributed by atoms with Crippen LogP contribution < -0.4 is 10.6 Å². The van der Waals surface area contributed by atoms with Crippen LogP contribution >= 0.6 is 0 Å². The summed E-state index contributed by atoms with van der Waals surface area (Å²) >= 11 is 0. The number of hydrogen-bond acceptors (Lipinski definition) is 3. The molecule has 94 valence electrons. The molecule has 2 rings (SSSR count). The van der Waals surface area contributed by atoms with Crippen molar-refractivity contribution in [3.8, 4) is 0 Å². The average Bonchev–Trinajstić information content (AvgIpc) is 2.39. The predicted molar refractivity (Wildman–Crippen MR) is 75.4 cm³/mol. The molecular weight excluding hydrogens is 222 g/mol. The monoisotopic (exact) mass is 241 g/mol. The highest BCUT2D eigenvalue weighted by atomic mass is 15.1. The second-order valence-corrected chi connectivity index (χ2v) is 4.51. The van der Waals surface area contributed by atoms with Crippen LogP contribution in [0.25, 0.3) is 0 Å². The Kier molecular flexibility index (Phi) is 3.95. The minimum Gasteiger partial charge on any atom is -0.370 e. The molecule has 2 aromatic rings.